The van der Waals surface area contributed by atoms with Crippen molar-refractivity contribution in [3.05, 3.63) is 82.4 Å². The molecule has 4 fully saturated rings. The molecule has 1 atom stereocenters. The lowest BCUT2D eigenvalue weighted by molar-refractivity contribution is -0.136. The predicted octanol–water partition coefficient (Wildman–Crippen LogP) is 6.59. The van der Waals surface area contributed by atoms with Gasteiger partial charge in [0.15, 0.2) is 0 Å². The van der Waals surface area contributed by atoms with Crippen LogP contribution in [0.15, 0.2) is 49.2 Å². The molecule has 59 heavy (non-hydrogen) atoms. The molecule has 0 radical (unpaired) electrons. The van der Waals surface area contributed by atoms with Crippen LogP contribution < -0.4 is 16.0 Å². The maximum absolute atomic E-state index is 13.6. The van der Waals surface area contributed by atoms with Gasteiger partial charge in [-0.25, -0.2) is 15.0 Å². The van der Waals surface area contributed by atoms with Gasteiger partial charge in [-0.05, 0) is 114 Å². The van der Waals surface area contributed by atoms with Crippen molar-refractivity contribution < 1.29 is 24.3 Å². The van der Waals surface area contributed by atoms with Crippen molar-refractivity contribution in [3.63, 3.8) is 0 Å². The molecule has 2 saturated heterocycles. The quantitative estimate of drug-likeness (QED) is 0.121. The fraction of sp³-hybridized carbons (Fsp3) is 0.489. The average Bonchev–Trinajstić information content (AvgIpc) is 3.70. The van der Waals surface area contributed by atoms with E-state index in [-0.39, 0.29) is 29.8 Å². The van der Waals surface area contributed by atoms with Gasteiger partial charge in [-0.3, -0.25) is 29.4 Å². The van der Waals surface area contributed by atoms with E-state index >= 15 is 0 Å². The number of aryl methyl sites for hydroxylation is 1. The molecule has 1 unspecified atom stereocenters. The average molecular weight is 817 g/mol. The van der Waals surface area contributed by atoms with Crippen LogP contribution in [-0.4, -0.2) is 85.7 Å². The van der Waals surface area contributed by atoms with Gasteiger partial charge in [0.1, 0.15) is 17.6 Å². The van der Waals surface area contributed by atoms with E-state index in [1.54, 1.807) is 44.4 Å². The van der Waals surface area contributed by atoms with E-state index in [9.17, 15) is 24.3 Å². The third-order valence-corrected chi connectivity index (χ3v) is 14.4. The highest BCUT2D eigenvalue weighted by molar-refractivity contribution is 7.18. The summed E-state index contributed by atoms with van der Waals surface area (Å²) in [6.07, 6.45) is 10.2. The molecule has 0 bridgehead atoms. The molecule has 4 amide bonds. The summed E-state index contributed by atoms with van der Waals surface area (Å²) in [7, 11) is 0. The van der Waals surface area contributed by atoms with Crippen molar-refractivity contribution >= 4 is 62.3 Å². The Morgan fingerprint density at radius 1 is 1.03 bits per heavy atom. The summed E-state index contributed by atoms with van der Waals surface area (Å²) in [5.74, 6) is 0.971. The van der Waals surface area contributed by atoms with E-state index in [0.29, 0.717) is 57.9 Å². The monoisotopic (exact) mass is 816 g/mol. The second kappa shape index (κ2) is 15.2. The Morgan fingerprint density at radius 3 is 2.54 bits per heavy atom. The summed E-state index contributed by atoms with van der Waals surface area (Å²) in [4.78, 5) is 68.5. The third kappa shape index (κ3) is 7.66. The molecule has 308 valence electrons. The van der Waals surface area contributed by atoms with Crippen LogP contribution in [0.2, 0.25) is 0 Å². The van der Waals surface area contributed by atoms with Crippen molar-refractivity contribution in [2.75, 3.05) is 36.8 Å². The number of imide groups is 1. The van der Waals surface area contributed by atoms with Crippen molar-refractivity contribution in [2.45, 2.75) is 96.1 Å². The maximum Gasteiger partial charge on any atom is 0.274 e. The smallest absolute Gasteiger partial charge is 0.274 e. The summed E-state index contributed by atoms with van der Waals surface area (Å²) in [5.41, 5.74) is 4.17. The fourth-order valence-electron chi connectivity index (χ4n) is 10.4. The topological polar surface area (TPSA) is 170 Å². The molecule has 13 nitrogen and oxygen atoms in total. The number of benzene rings is 2. The second-order valence-electron chi connectivity index (χ2n) is 18.1. The lowest BCUT2D eigenvalue weighted by Crippen LogP contribution is -2.63. The highest BCUT2D eigenvalue weighted by Gasteiger charge is 2.52. The molecule has 14 heteroatoms. The molecule has 2 aliphatic carbocycles. The second-order valence-corrected chi connectivity index (χ2v) is 19.2. The van der Waals surface area contributed by atoms with Crippen LogP contribution in [0.25, 0.3) is 15.9 Å². The zero-order chi connectivity index (χ0) is 41.2. The summed E-state index contributed by atoms with van der Waals surface area (Å²) in [6, 6.07) is 10.4. The number of thiazole rings is 1. The van der Waals surface area contributed by atoms with E-state index in [2.05, 4.69) is 37.4 Å². The molecule has 3 aliphatic heterocycles. The van der Waals surface area contributed by atoms with E-state index in [0.717, 1.165) is 52.3 Å². The summed E-state index contributed by atoms with van der Waals surface area (Å²) < 4.78 is 0.994. The fourth-order valence-corrected chi connectivity index (χ4v) is 11.5. The number of carbonyl (C=O) groups is 4. The number of nitrogens with zero attached hydrogens (tertiary/aromatic N) is 5. The Labute approximate surface area is 348 Å². The molecule has 1 spiro atoms. The van der Waals surface area contributed by atoms with Gasteiger partial charge in [0, 0.05) is 72.9 Å². The minimum Gasteiger partial charge on any atom is -0.386 e. The molecular formula is C45H52N8O5S. The number of hydrogen-bond donors (Lipinski definition) is 4. The molecule has 9 rings (SSSR count). The van der Waals surface area contributed by atoms with Crippen LogP contribution in [0.3, 0.4) is 0 Å². The van der Waals surface area contributed by atoms with Crippen LogP contribution in [0.1, 0.15) is 120 Å². The molecule has 4 aromatic rings. The first-order valence-electron chi connectivity index (χ1n) is 21.0. The maximum atomic E-state index is 13.6. The number of hydrogen-bond acceptors (Lipinski definition) is 11. The zero-order valence-electron chi connectivity index (χ0n) is 34.0. The Balaban J connectivity index is 0.730. The first-order valence-corrected chi connectivity index (χ1v) is 21.8. The van der Waals surface area contributed by atoms with Gasteiger partial charge >= 0.3 is 0 Å². The van der Waals surface area contributed by atoms with Gasteiger partial charge in [-0.1, -0.05) is 18.7 Å². The number of carbonyl (C=O) groups excluding carboxylic acids is 4. The van der Waals surface area contributed by atoms with Gasteiger partial charge < -0.3 is 20.6 Å². The molecular weight excluding hydrogens is 765 g/mol. The van der Waals surface area contributed by atoms with Crippen molar-refractivity contribution in [3.8, 4) is 0 Å². The number of rotatable bonds is 11. The Morgan fingerprint density at radius 2 is 1.81 bits per heavy atom. The number of aromatic nitrogens is 3. The van der Waals surface area contributed by atoms with Gasteiger partial charge in [-0.15, -0.1) is 11.3 Å². The van der Waals surface area contributed by atoms with Crippen LogP contribution in [0, 0.1) is 24.2 Å². The molecule has 4 N–H and O–H groups in total. The Hall–Kier alpha value is -5.05. The lowest BCUT2D eigenvalue weighted by Gasteiger charge is -2.60. The zero-order valence-corrected chi connectivity index (χ0v) is 34.8. The highest BCUT2D eigenvalue weighted by atomic mass is 32.1. The van der Waals surface area contributed by atoms with Crippen LogP contribution in [0.4, 0.5) is 11.4 Å². The first kappa shape index (κ1) is 39.4. The van der Waals surface area contributed by atoms with Crippen molar-refractivity contribution in [1.29, 1.82) is 0 Å². The molecule has 2 aromatic heterocycles. The number of piperidine rings is 1. The lowest BCUT2D eigenvalue weighted by atomic mass is 9.57. The van der Waals surface area contributed by atoms with Crippen LogP contribution >= 0.6 is 11.3 Å². The summed E-state index contributed by atoms with van der Waals surface area (Å²) >= 11 is 1.69. The molecule has 2 saturated carbocycles. The minimum absolute atomic E-state index is 0.204. The molecule has 5 heterocycles. The number of anilines is 2. The Bertz CT molecular complexity index is 2360. The minimum atomic E-state index is -1.18. The van der Waals surface area contributed by atoms with Gasteiger partial charge in [0.25, 0.3) is 11.8 Å². The van der Waals surface area contributed by atoms with Gasteiger partial charge in [0.2, 0.25) is 11.8 Å². The normalized spacial score (nSPS) is 23.3. The number of nitrogens with one attached hydrogen (secondary N) is 3. The van der Waals surface area contributed by atoms with Crippen molar-refractivity contribution in [1.82, 2.24) is 30.1 Å². The summed E-state index contributed by atoms with van der Waals surface area (Å²) in [5, 5.41) is 21.0. The van der Waals surface area contributed by atoms with E-state index in [1.807, 2.05) is 30.3 Å². The molecule has 5 aliphatic rings. The van der Waals surface area contributed by atoms with E-state index in [1.165, 1.54) is 50.2 Å². The largest absolute Gasteiger partial charge is 0.386 e. The Kier molecular flexibility index (Phi) is 10.2. The number of fused-ring (bicyclic) bond motifs is 2. The van der Waals surface area contributed by atoms with Gasteiger partial charge in [0.05, 0.1) is 26.4 Å². The highest BCUT2D eigenvalue weighted by Crippen LogP contribution is 2.53. The number of likely N-dealkylation sites (tertiary alicyclic amines) is 1. The first-order chi connectivity index (χ1) is 28.2. The third-order valence-electron chi connectivity index (χ3n) is 13.2. The standard InChI is InChI=1S/C45H52N8O5S/c1-25-30-6-5-7-32(39(30)43(57)53(25)36-12-13-38(54)51-41(36)56)47-16-14-28-20-45(21-28)23-52(24-45)22-27-8-10-29(11-9-27)42-50-35-18-31(44(3,4)58)34(19-37(35)59-42)49-40(55)33-15-17-46-26(2)48-33/h5-7,15,17-19,27-29,36,47,58H,1,8-14,16,20-24H2,2-4H3,(H,49,55)(H,51,54,56). The molecule has 2 aromatic carbocycles. The number of amides is 4. The van der Waals surface area contributed by atoms with Gasteiger partial charge in [-0.2, -0.15) is 0 Å². The summed E-state index contributed by atoms with van der Waals surface area (Å²) in [6.45, 7) is 13.6. The SMILES string of the molecule is C=C1c2cccc(NCCC3CC4(C3)CN(CC3CCC(c5nc6cc(C(C)(C)O)c(NC(=O)c7ccnc(C)n7)cc6s5)CC3)C4)c2C(=O)N1C1CCC(=O)NC1=O. The predicted molar refractivity (Wildman–Crippen MR) is 227 cm³/mol. The van der Waals surface area contributed by atoms with Crippen LogP contribution in [-0.2, 0) is 15.2 Å². The van der Waals surface area contributed by atoms with E-state index in [4.69, 9.17) is 4.98 Å². The van der Waals surface area contributed by atoms with Crippen molar-refractivity contribution in [2.24, 2.45) is 17.3 Å². The number of aliphatic hydroxyl groups is 1. The van der Waals surface area contributed by atoms with Crippen LogP contribution in [0.5, 0.6) is 0 Å². The van der Waals surface area contributed by atoms with E-state index < -0.39 is 17.6 Å².